The van der Waals surface area contributed by atoms with Gasteiger partial charge in [0.2, 0.25) is 0 Å². The summed E-state index contributed by atoms with van der Waals surface area (Å²) in [7, 11) is 0. The van der Waals surface area contributed by atoms with Crippen LogP contribution >= 0.6 is 0 Å². The topological polar surface area (TPSA) is 21.3 Å². The van der Waals surface area contributed by atoms with Crippen molar-refractivity contribution in [2.24, 2.45) is 0 Å². The van der Waals surface area contributed by atoms with Crippen LogP contribution in [0, 0.1) is 11.8 Å². The Morgan fingerprint density at radius 2 is 2.31 bits per heavy atom. The molecule has 16 heavy (non-hydrogen) atoms. The molecule has 1 aliphatic rings. The largest absolute Gasteiger partial charge is 0.493 e. The number of fused-ring (bicyclic) bond motifs is 1. The summed E-state index contributed by atoms with van der Waals surface area (Å²) in [6.07, 6.45) is 2.20. The van der Waals surface area contributed by atoms with Crippen LogP contribution in [0.2, 0.25) is 0 Å². The Balaban J connectivity index is 2.14. The lowest BCUT2D eigenvalue weighted by atomic mass is 10.0. The quantitative estimate of drug-likeness (QED) is 0.765. The normalized spacial score (nSPS) is 18.7. The first-order chi connectivity index (χ1) is 7.92. The van der Waals surface area contributed by atoms with E-state index >= 15 is 0 Å². The molecule has 2 rings (SSSR count). The molecule has 2 heteroatoms. The summed E-state index contributed by atoms with van der Waals surface area (Å²) in [5.41, 5.74) is 1.26. The molecule has 1 aromatic carbocycles. The fraction of sp³-hybridized carbons (Fsp3) is 0.429. The van der Waals surface area contributed by atoms with Gasteiger partial charge in [-0.3, -0.25) is 5.32 Å². The van der Waals surface area contributed by atoms with Gasteiger partial charge in [0.05, 0.1) is 13.2 Å². The molecule has 0 bridgehead atoms. The average molecular weight is 215 g/mol. The van der Waals surface area contributed by atoms with Gasteiger partial charge in [-0.15, -0.1) is 5.92 Å². The smallest absolute Gasteiger partial charge is 0.124 e. The molecule has 0 spiro atoms. The summed E-state index contributed by atoms with van der Waals surface area (Å²) in [6, 6.07) is 8.64. The predicted octanol–water partition coefficient (Wildman–Crippen LogP) is 2.51. The van der Waals surface area contributed by atoms with E-state index in [1.54, 1.807) is 0 Å². The Kier molecular flexibility index (Phi) is 3.85. The van der Waals surface area contributed by atoms with Crippen molar-refractivity contribution < 1.29 is 4.74 Å². The highest BCUT2D eigenvalue weighted by Gasteiger charge is 2.17. The maximum atomic E-state index is 5.71. The van der Waals surface area contributed by atoms with Crippen molar-refractivity contribution in [3.63, 3.8) is 0 Å². The molecule has 1 aliphatic heterocycles. The Morgan fingerprint density at radius 1 is 1.44 bits per heavy atom. The van der Waals surface area contributed by atoms with E-state index in [0.717, 1.165) is 31.7 Å². The maximum Gasteiger partial charge on any atom is 0.124 e. The Morgan fingerprint density at radius 3 is 3.19 bits per heavy atom. The summed E-state index contributed by atoms with van der Waals surface area (Å²) in [4.78, 5) is 0. The molecule has 1 unspecified atom stereocenters. The van der Waals surface area contributed by atoms with Gasteiger partial charge in [0.15, 0.2) is 0 Å². The summed E-state index contributed by atoms with van der Waals surface area (Å²) in [5.74, 6) is 6.96. The predicted molar refractivity (Wildman–Crippen MR) is 65.4 cm³/mol. The second-order valence-electron chi connectivity index (χ2n) is 3.89. The number of para-hydroxylation sites is 1. The summed E-state index contributed by atoms with van der Waals surface area (Å²) in [5, 5.41) is 3.47. The van der Waals surface area contributed by atoms with Gasteiger partial charge in [-0.25, -0.2) is 0 Å². The van der Waals surface area contributed by atoms with Crippen molar-refractivity contribution in [3.8, 4) is 17.6 Å². The standard InChI is InChI=1S/C14H17NO/c1-2-3-10-15-13-8-6-11-16-14-9-5-4-7-12(13)14/h4-5,7,9,13,15H,6,8,10-11H2,1H3. The van der Waals surface area contributed by atoms with Crippen LogP contribution < -0.4 is 10.1 Å². The average Bonchev–Trinajstić information content (AvgIpc) is 2.52. The van der Waals surface area contributed by atoms with Gasteiger partial charge in [0.25, 0.3) is 0 Å². The molecular weight excluding hydrogens is 198 g/mol. The number of nitrogens with one attached hydrogen (secondary N) is 1. The zero-order valence-corrected chi connectivity index (χ0v) is 9.62. The molecule has 1 aromatic rings. The number of benzene rings is 1. The molecule has 0 saturated heterocycles. The number of rotatable bonds is 2. The lowest BCUT2D eigenvalue weighted by Gasteiger charge is -2.16. The van der Waals surface area contributed by atoms with Crippen LogP contribution in [-0.2, 0) is 0 Å². The number of ether oxygens (including phenoxy) is 1. The van der Waals surface area contributed by atoms with Crippen LogP contribution in [0.15, 0.2) is 24.3 Å². The van der Waals surface area contributed by atoms with E-state index in [1.165, 1.54) is 5.56 Å². The molecule has 0 aliphatic carbocycles. The van der Waals surface area contributed by atoms with Gasteiger partial charge >= 0.3 is 0 Å². The highest BCUT2D eigenvalue weighted by atomic mass is 16.5. The second-order valence-corrected chi connectivity index (χ2v) is 3.89. The molecule has 0 fully saturated rings. The summed E-state index contributed by atoms with van der Waals surface area (Å²) >= 11 is 0. The summed E-state index contributed by atoms with van der Waals surface area (Å²) < 4.78 is 5.71. The molecule has 84 valence electrons. The van der Waals surface area contributed by atoms with Gasteiger partial charge in [0, 0.05) is 11.6 Å². The van der Waals surface area contributed by atoms with Crippen molar-refractivity contribution in [1.29, 1.82) is 0 Å². The first-order valence-corrected chi connectivity index (χ1v) is 5.76. The van der Waals surface area contributed by atoms with Crippen LogP contribution in [0.3, 0.4) is 0 Å². The Labute approximate surface area is 97.0 Å². The van der Waals surface area contributed by atoms with E-state index in [1.807, 2.05) is 19.1 Å². The highest BCUT2D eigenvalue weighted by Crippen LogP contribution is 2.30. The van der Waals surface area contributed by atoms with Crippen LogP contribution in [0.25, 0.3) is 0 Å². The van der Waals surface area contributed by atoms with Crippen molar-refractivity contribution in [2.75, 3.05) is 13.2 Å². The monoisotopic (exact) mass is 215 g/mol. The summed E-state index contributed by atoms with van der Waals surface area (Å²) in [6.45, 7) is 3.43. The minimum absolute atomic E-state index is 0.375. The van der Waals surface area contributed by atoms with Gasteiger partial charge in [-0.1, -0.05) is 24.1 Å². The Hall–Kier alpha value is -1.46. The fourth-order valence-electron chi connectivity index (χ4n) is 2.00. The van der Waals surface area contributed by atoms with Gasteiger partial charge in [-0.05, 0) is 25.8 Å². The van der Waals surface area contributed by atoms with Crippen molar-refractivity contribution >= 4 is 0 Å². The van der Waals surface area contributed by atoms with Crippen LogP contribution in [0.5, 0.6) is 5.75 Å². The molecular formula is C14H17NO. The first-order valence-electron chi connectivity index (χ1n) is 5.76. The fourth-order valence-corrected chi connectivity index (χ4v) is 2.00. The van der Waals surface area contributed by atoms with Gasteiger partial charge in [0.1, 0.15) is 5.75 Å². The minimum atomic E-state index is 0.375. The maximum absolute atomic E-state index is 5.71. The SMILES string of the molecule is CC#CCNC1CCCOc2ccccc21. The molecule has 0 amide bonds. The van der Waals surface area contributed by atoms with Gasteiger partial charge < -0.3 is 4.74 Å². The number of hydrogen-bond acceptors (Lipinski definition) is 2. The van der Waals surface area contributed by atoms with E-state index in [0.29, 0.717) is 6.04 Å². The van der Waals surface area contributed by atoms with E-state index in [4.69, 9.17) is 4.74 Å². The highest BCUT2D eigenvalue weighted by molar-refractivity contribution is 5.36. The lowest BCUT2D eigenvalue weighted by molar-refractivity contribution is 0.315. The van der Waals surface area contributed by atoms with Crippen molar-refractivity contribution in [3.05, 3.63) is 29.8 Å². The molecule has 0 aromatic heterocycles. The van der Waals surface area contributed by atoms with Crippen molar-refractivity contribution in [1.82, 2.24) is 5.32 Å². The molecule has 0 radical (unpaired) electrons. The van der Waals surface area contributed by atoms with Crippen LogP contribution in [0.4, 0.5) is 0 Å². The van der Waals surface area contributed by atoms with E-state index in [2.05, 4.69) is 29.3 Å². The third-order valence-corrected chi connectivity index (χ3v) is 2.80. The molecule has 1 atom stereocenters. The zero-order chi connectivity index (χ0) is 11.2. The van der Waals surface area contributed by atoms with Crippen LogP contribution in [0.1, 0.15) is 31.4 Å². The first kappa shape index (κ1) is 11.0. The van der Waals surface area contributed by atoms with E-state index < -0.39 is 0 Å². The van der Waals surface area contributed by atoms with Gasteiger partial charge in [-0.2, -0.15) is 0 Å². The second kappa shape index (κ2) is 5.58. The van der Waals surface area contributed by atoms with Crippen molar-refractivity contribution in [2.45, 2.75) is 25.8 Å². The number of hydrogen-bond donors (Lipinski definition) is 1. The van der Waals surface area contributed by atoms with E-state index in [9.17, 15) is 0 Å². The lowest BCUT2D eigenvalue weighted by Crippen LogP contribution is -2.21. The molecule has 1 N–H and O–H groups in total. The molecule has 1 heterocycles. The van der Waals surface area contributed by atoms with E-state index in [-0.39, 0.29) is 0 Å². The third-order valence-electron chi connectivity index (χ3n) is 2.80. The van der Waals surface area contributed by atoms with Crippen LogP contribution in [-0.4, -0.2) is 13.2 Å². The Bertz CT molecular complexity index is 403. The third kappa shape index (κ3) is 2.56. The molecule has 0 saturated carbocycles. The minimum Gasteiger partial charge on any atom is -0.493 e. The molecule has 2 nitrogen and oxygen atoms in total. The zero-order valence-electron chi connectivity index (χ0n) is 9.62.